The minimum absolute atomic E-state index is 0.191. The summed E-state index contributed by atoms with van der Waals surface area (Å²) < 4.78 is 19.8. The van der Waals surface area contributed by atoms with Crippen molar-refractivity contribution in [2.24, 2.45) is 0 Å². The second kappa shape index (κ2) is 26.3. The van der Waals surface area contributed by atoms with Crippen LogP contribution in [0.3, 0.4) is 0 Å². The van der Waals surface area contributed by atoms with Crippen LogP contribution in [-0.4, -0.2) is 63.6 Å². The van der Waals surface area contributed by atoms with Crippen LogP contribution < -0.4 is 0 Å². The monoisotopic (exact) mass is 685 g/mol. The van der Waals surface area contributed by atoms with E-state index in [9.17, 15) is 9.18 Å². The molecule has 2 aromatic heterocycles. The number of hydrogen-bond donors (Lipinski definition) is 0. The summed E-state index contributed by atoms with van der Waals surface area (Å²) in [4.78, 5) is 25.7. The molecule has 4 aromatic rings. The van der Waals surface area contributed by atoms with Crippen molar-refractivity contribution < 1.29 is 18.7 Å². The fourth-order valence-electron chi connectivity index (χ4n) is 4.36. The quantitative estimate of drug-likeness (QED) is 0.122. The number of aromatic nitrogens is 4. The Morgan fingerprint density at radius 3 is 2.17 bits per heavy atom. The fourth-order valence-corrected chi connectivity index (χ4v) is 4.62. The molecule has 0 saturated carbocycles. The molecule has 0 saturated heterocycles. The van der Waals surface area contributed by atoms with Gasteiger partial charge in [-0.2, -0.15) is 0 Å². The SMILES string of the molecule is CC=O.CCCCC(COC(C)=O)N(C)C.CCCn1c(C)nnc1CC.CCc1cccc(F)c1Cl.Cc1cc2ccccc2cn1. The number of benzene rings is 2. The molecule has 0 fully saturated rings. The van der Waals surface area contributed by atoms with Crippen molar-refractivity contribution in [3.8, 4) is 0 Å². The standard InChI is InChI=1S/C10H21NO2.C10H9N.C8H8ClF.C8H15N3.C2H4O/c1-5-6-7-10(11(3)4)8-13-9(2)12;1-8-6-9-4-2-3-5-10(9)7-11-8;1-2-6-4-3-5-7(10)8(6)9;1-4-6-11-7(3)9-10-8(11)5-2;1-2-3/h10H,5-8H2,1-4H3;2-7H,1H3;3-5H,2H2,1H3;4-6H2,1-3H3;2H,1H3. The minimum Gasteiger partial charge on any atom is -0.464 e. The number of unbranched alkanes of at least 4 members (excludes halogenated alkanes) is 1. The van der Waals surface area contributed by atoms with Gasteiger partial charge in [-0.15, -0.1) is 10.2 Å². The summed E-state index contributed by atoms with van der Waals surface area (Å²) in [6.07, 6.45) is 9.01. The van der Waals surface area contributed by atoms with E-state index in [2.05, 4.69) is 63.6 Å². The molecular formula is C38H57ClFN5O3. The van der Waals surface area contributed by atoms with Crippen LogP contribution in [0.25, 0.3) is 10.8 Å². The molecule has 0 aliphatic rings. The number of pyridine rings is 1. The highest BCUT2D eigenvalue weighted by Crippen LogP contribution is 2.19. The van der Waals surface area contributed by atoms with E-state index >= 15 is 0 Å². The molecular weight excluding hydrogens is 629 g/mol. The van der Waals surface area contributed by atoms with Crippen molar-refractivity contribution in [3.05, 3.63) is 88.5 Å². The summed E-state index contributed by atoms with van der Waals surface area (Å²) in [6, 6.07) is 15.6. The fraction of sp³-hybridized carbons (Fsp3) is 0.500. The third-order valence-electron chi connectivity index (χ3n) is 7.06. The maximum Gasteiger partial charge on any atom is 0.302 e. The third kappa shape index (κ3) is 18.0. The maximum atomic E-state index is 12.6. The summed E-state index contributed by atoms with van der Waals surface area (Å²) in [7, 11) is 4.04. The molecule has 1 unspecified atom stereocenters. The number of carbonyl (C=O) groups excluding carboxylic acids is 2. The number of nitrogens with zero attached hydrogens (tertiary/aromatic N) is 5. The average molecular weight is 686 g/mol. The van der Waals surface area contributed by atoms with Gasteiger partial charge in [0.15, 0.2) is 0 Å². The maximum absolute atomic E-state index is 12.6. The van der Waals surface area contributed by atoms with Gasteiger partial charge in [-0.05, 0) is 77.2 Å². The lowest BCUT2D eigenvalue weighted by molar-refractivity contribution is -0.142. The zero-order valence-electron chi connectivity index (χ0n) is 30.7. The van der Waals surface area contributed by atoms with E-state index < -0.39 is 0 Å². The van der Waals surface area contributed by atoms with Crippen molar-refractivity contribution >= 4 is 34.6 Å². The molecule has 0 N–H and O–H groups in total. The number of aldehydes is 1. The van der Waals surface area contributed by atoms with Crippen LogP contribution in [0.2, 0.25) is 5.02 Å². The van der Waals surface area contributed by atoms with Gasteiger partial charge >= 0.3 is 5.97 Å². The van der Waals surface area contributed by atoms with Crippen LogP contribution in [0.15, 0.2) is 54.7 Å². The van der Waals surface area contributed by atoms with Gasteiger partial charge in [0.25, 0.3) is 0 Å². The number of aryl methyl sites for hydroxylation is 4. The molecule has 2 heterocycles. The van der Waals surface area contributed by atoms with Gasteiger partial charge in [-0.25, -0.2) is 4.39 Å². The predicted octanol–water partition coefficient (Wildman–Crippen LogP) is 9.02. The Balaban J connectivity index is 0.000000598. The van der Waals surface area contributed by atoms with Crippen LogP contribution in [0, 0.1) is 19.7 Å². The average Bonchev–Trinajstić information content (AvgIpc) is 3.42. The number of esters is 1. The number of carbonyl (C=O) groups is 2. The molecule has 1 atom stereocenters. The van der Waals surface area contributed by atoms with Gasteiger partial charge in [0.1, 0.15) is 30.4 Å². The van der Waals surface area contributed by atoms with Crippen LogP contribution >= 0.6 is 11.6 Å². The summed E-state index contributed by atoms with van der Waals surface area (Å²) in [5, 5.41) is 10.8. The summed E-state index contributed by atoms with van der Waals surface area (Å²) >= 11 is 5.62. The van der Waals surface area contributed by atoms with Gasteiger partial charge < -0.3 is 19.0 Å². The Labute approximate surface area is 293 Å². The van der Waals surface area contributed by atoms with E-state index in [-0.39, 0.29) is 16.8 Å². The minimum atomic E-state index is -0.332. The van der Waals surface area contributed by atoms with E-state index in [1.165, 1.54) is 43.5 Å². The van der Waals surface area contributed by atoms with E-state index in [1.54, 1.807) is 6.07 Å². The Bertz CT molecular complexity index is 1460. The molecule has 0 aliphatic heterocycles. The van der Waals surface area contributed by atoms with Crippen LogP contribution in [-0.2, 0) is 33.7 Å². The van der Waals surface area contributed by atoms with Crippen molar-refractivity contribution in [1.29, 1.82) is 0 Å². The summed E-state index contributed by atoms with van der Waals surface area (Å²) in [6.45, 7) is 16.8. The molecule has 0 amide bonds. The lowest BCUT2D eigenvalue weighted by Crippen LogP contribution is -2.33. The zero-order chi connectivity index (χ0) is 36.5. The highest BCUT2D eigenvalue weighted by Gasteiger charge is 2.12. The smallest absolute Gasteiger partial charge is 0.302 e. The number of halogens is 2. The summed E-state index contributed by atoms with van der Waals surface area (Å²) in [5.74, 6) is 1.61. The Kier molecular flexibility index (Phi) is 24.3. The van der Waals surface area contributed by atoms with Gasteiger partial charge in [0.05, 0.1) is 5.02 Å². The molecule has 4 rings (SSSR count). The second-order valence-corrected chi connectivity index (χ2v) is 11.6. The number of fused-ring (bicyclic) bond motifs is 1. The molecule has 0 spiro atoms. The van der Waals surface area contributed by atoms with E-state index in [0.29, 0.717) is 12.6 Å². The third-order valence-corrected chi connectivity index (χ3v) is 7.48. The van der Waals surface area contributed by atoms with Crippen LogP contribution in [0.5, 0.6) is 0 Å². The van der Waals surface area contributed by atoms with E-state index in [0.717, 1.165) is 61.4 Å². The van der Waals surface area contributed by atoms with Gasteiger partial charge in [-0.1, -0.05) is 88.5 Å². The Morgan fingerprint density at radius 1 is 1.00 bits per heavy atom. The predicted molar refractivity (Wildman–Crippen MR) is 197 cm³/mol. The zero-order valence-corrected chi connectivity index (χ0v) is 31.5. The number of hydrogen-bond acceptors (Lipinski definition) is 7. The first-order valence-corrected chi connectivity index (χ1v) is 17.1. The number of rotatable bonds is 10. The van der Waals surface area contributed by atoms with Crippen LogP contribution in [0.4, 0.5) is 4.39 Å². The van der Waals surface area contributed by atoms with Crippen molar-refractivity contribution in [1.82, 2.24) is 24.6 Å². The topological polar surface area (TPSA) is 90.2 Å². The van der Waals surface area contributed by atoms with E-state index in [1.807, 2.05) is 59.3 Å². The van der Waals surface area contributed by atoms with Crippen molar-refractivity contribution in [2.75, 3.05) is 20.7 Å². The Morgan fingerprint density at radius 2 is 1.65 bits per heavy atom. The normalized spacial score (nSPS) is 10.6. The van der Waals surface area contributed by atoms with Gasteiger partial charge in [-0.3, -0.25) is 9.78 Å². The highest BCUT2D eigenvalue weighted by atomic mass is 35.5. The molecule has 0 radical (unpaired) electrons. The summed E-state index contributed by atoms with van der Waals surface area (Å²) in [5.41, 5.74) is 1.94. The lowest BCUT2D eigenvalue weighted by Gasteiger charge is -2.23. The molecule has 0 bridgehead atoms. The molecule has 48 heavy (non-hydrogen) atoms. The van der Waals surface area contributed by atoms with E-state index in [4.69, 9.17) is 21.1 Å². The van der Waals surface area contributed by atoms with Gasteiger partial charge in [0, 0.05) is 43.2 Å². The molecule has 10 heteroatoms. The first-order chi connectivity index (χ1) is 22.9. The lowest BCUT2D eigenvalue weighted by atomic mass is 10.1. The largest absolute Gasteiger partial charge is 0.464 e. The van der Waals surface area contributed by atoms with Crippen LogP contribution in [0.1, 0.15) is 90.1 Å². The first kappa shape index (κ1) is 44.3. The van der Waals surface area contributed by atoms with Gasteiger partial charge in [0.2, 0.25) is 0 Å². The number of ether oxygens (including phenoxy) is 1. The first-order valence-electron chi connectivity index (χ1n) is 16.7. The molecule has 266 valence electrons. The second-order valence-electron chi connectivity index (χ2n) is 11.2. The van der Waals surface area contributed by atoms with Crippen molar-refractivity contribution in [3.63, 3.8) is 0 Å². The number of likely N-dealkylation sites (N-methyl/N-ethyl adjacent to an activating group) is 1. The van der Waals surface area contributed by atoms with Crippen molar-refractivity contribution in [2.45, 2.75) is 107 Å². The molecule has 2 aromatic carbocycles. The highest BCUT2D eigenvalue weighted by molar-refractivity contribution is 6.31. The molecule has 0 aliphatic carbocycles. The Hall–Kier alpha value is -3.69. The molecule has 8 nitrogen and oxygen atoms in total.